The average molecular weight is 276 g/mol. The third-order valence-corrected chi connectivity index (χ3v) is 5.50. The van der Waals surface area contributed by atoms with E-state index in [2.05, 4.69) is 11.9 Å². The van der Waals surface area contributed by atoms with Crippen molar-refractivity contribution < 1.29 is 4.39 Å². The molecule has 3 rings (SSSR count). The van der Waals surface area contributed by atoms with Crippen LogP contribution in [0, 0.1) is 18.7 Å². The van der Waals surface area contributed by atoms with Crippen LogP contribution in [0.2, 0.25) is 0 Å². The highest BCUT2D eigenvalue weighted by molar-refractivity contribution is 5.27. The summed E-state index contributed by atoms with van der Waals surface area (Å²) in [5.74, 6) is 0.463. The second-order valence-electron chi connectivity index (χ2n) is 6.72. The zero-order valence-electron chi connectivity index (χ0n) is 12.5. The lowest BCUT2D eigenvalue weighted by Crippen LogP contribution is -2.46. The summed E-state index contributed by atoms with van der Waals surface area (Å²) in [6.45, 7) is 1.98. The number of nitrogens with two attached hydrogens (primary N) is 1. The summed E-state index contributed by atoms with van der Waals surface area (Å²) in [5, 5.41) is 0. The normalized spacial score (nSPS) is 31.5. The van der Waals surface area contributed by atoms with E-state index in [1.807, 2.05) is 13.0 Å². The molecule has 0 aromatic heterocycles. The second-order valence-corrected chi connectivity index (χ2v) is 6.72. The van der Waals surface area contributed by atoms with Crippen LogP contribution in [0.15, 0.2) is 18.2 Å². The molecule has 1 aromatic rings. The molecule has 0 aliphatic carbocycles. The van der Waals surface area contributed by atoms with Gasteiger partial charge in [0.1, 0.15) is 5.82 Å². The van der Waals surface area contributed by atoms with Crippen molar-refractivity contribution in [3.63, 3.8) is 0 Å². The monoisotopic (exact) mass is 276 g/mol. The van der Waals surface area contributed by atoms with Crippen LogP contribution >= 0.6 is 0 Å². The quantitative estimate of drug-likeness (QED) is 0.920. The minimum absolute atomic E-state index is 0.155. The molecule has 0 spiro atoms. The number of hydrogen-bond acceptors (Lipinski definition) is 2. The van der Waals surface area contributed by atoms with Gasteiger partial charge in [-0.15, -0.1) is 0 Å². The van der Waals surface area contributed by atoms with E-state index in [9.17, 15) is 4.39 Å². The third kappa shape index (κ3) is 2.61. The minimum Gasteiger partial charge on any atom is -0.327 e. The van der Waals surface area contributed by atoms with Crippen molar-refractivity contribution in [3.8, 4) is 0 Å². The van der Waals surface area contributed by atoms with Gasteiger partial charge in [-0.2, -0.15) is 0 Å². The number of rotatable bonds is 3. The molecule has 20 heavy (non-hydrogen) atoms. The van der Waals surface area contributed by atoms with Crippen LogP contribution in [-0.2, 0) is 6.42 Å². The first-order valence-corrected chi connectivity index (χ1v) is 7.77. The summed E-state index contributed by atoms with van der Waals surface area (Å²) in [4.78, 5) is 2.55. The summed E-state index contributed by atoms with van der Waals surface area (Å²) < 4.78 is 13.2. The minimum atomic E-state index is -0.155. The molecule has 3 atom stereocenters. The van der Waals surface area contributed by atoms with Crippen LogP contribution < -0.4 is 5.73 Å². The van der Waals surface area contributed by atoms with E-state index >= 15 is 0 Å². The maximum Gasteiger partial charge on any atom is 0.123 e. The summed E-state index contributed by atoms with van der Waals surface area (Å²) in [7, 11) is 2.26. The zero-order valence-corrected chi connectivity index (χ0v) is 12.5. The number of fused-ring (bicyclic) bond motifs is 2. The highest BCUT2D eigenvalue weighted by Crippen LogP contribution is 2.38. The van der Waals surface area contributed by atoms with E-state index in [1.54, 1.807) is 12.1 Å². The highest BCUT2D eigenvalue weighted by Gasteiger charge is 2.40. The first-order valence-electron chi connectivity index (χ1n) is 7.77. The van der Waals surface area contributed by atoms with Gasteiger partial charge in [-0.3, -0.25) is 0 Å². The molecule has 0 radical (unpaired) electrons. The highest BCUT2D eigenvalue weighted by atomic mass is 19.1. The Morgan fingerprint density at radius 1 is 1.30 bits per heavy atom. The Morgan fingerprint density at radius 2 is 1.95 bits per heavy atom. The zero-order chi connectivity index (χ0) is 14.3. The van der Waals surface area contributed by atoms with Gasteiger partial charge < -0.3 is 10.6 Å². The Bertz CT molecular complexity index is 474. The Labute approximate surface area is 121 Å². The largest absolute Gasteiger partial charge is 0.327 e. The molecule has 2 nitrogen and oxygen atoms in total. The molecule has 2 fully saturated rings. The molecule has 0 saturated carbocycles. The fourth-order valence-electron chi connectivity index (χ4n) is 4.11. The molecule has 2 N–H and O–H groups in total. The van der Waals surface area contributed by atoms with Crippen molar-refractivity contribution in [1.29, 1.82) is 0 Å². The summed E-state index contributed by atoms with van der Waals surface area (Å²) >= 11 is 0. The topological polar surface area (TPSA) is 29.3 Å². The molecular formula is C17H25FN2. The third-order valence-electron chi connectivity index (χ3n) is 5.50. The molecular weight excluding hydrogens is 251 g/mol. The van der Waals surface area contributed by atoms with Crippen LogP contribution in [0.5, 0.6) is 0 Å². The predicted molar refractivity (Wildman–Crippen MR) is 80.1 cm³/mol. The molecule has 2 aliphatic rings. The van der Waals surface area contributed by atoms with Gasteiger partial charge in [0, 0.05) is 18.1 Å². The van der Waals surface area contributed by atoms with E-state index in [-0.39, 0.29) is 11.9 Å². The van der Waals surface area contributed by atoms with E-state index in [0.717, 1.165) is 24.1 Å². The number of piperidine rings is 1. The van der Waals surface area contributed by atoms with E-state index in [0.29, 0.717) is 5.92 Å². The molecule has 1 aromatic carbocycles. The fourth-order valence-corrected chi connectivity index (χ4v) is 4.11. The maximum atomic E-state index is 13.2. The summed E-state index contributed by atoms with van der Waals surface area (Å²) in [5.41, 5.74) is 8.70. The van der Waals surface area contributed by atoms with Gasteiger partial charge in [-0.25, -0.2) is 4.39 Å². The number of nitrogens with zero attached hydrogens (tertiary/aromatic N) is 1. The smallest absolute Gasteiger partial charge is 0.123 e. The Kier molecular flexibility index (Phi) is 3.83. The first kappa shape index (κ1) is 14.0. The van der Waals surface area contributed by atoms with Gasteiger partial charge >= 0.3 is 0 Å². The lowest BCUT2D eigenvalue weighted by molar-refractivity contribution is 0.120. The van der Waals surface area contributed by atoms with Crippen molar-refractivity contribution in [2.24, 2.45) is 11.7 Å². The lowest BCUT2D eigenvalue weighted by Gasteiger charge is -2.39. The van der Waals surface area contributed by atoms with Crippen molar-refractivity contribution in [1.82, 2.24) is 4.90 Å². The molecule has 2 aliphatic heterocycles. The molecule has 2 saturated heterocycles. The fraction of sp³-hybridized carbons (Fsp3) is 0.647. The molecule has 2 heterocycles. The Hall–Kier alpha value is -0.930. The van der Waals surface area contributed by atoms with Crippen LogP contribution in [0.25, 0.3) is 0 Å². The van der Waals surface area contributed by atoms with Crippen molar-refractivity contribution in [2.45, 2.75) is 57.2 Å². The SMILES string of the molecule is Cc1cc(F)ccc1CC(N)C1CC2CCC(C1)N2C. The number of benzene rings is 1. The van der Waals surface area contributed by atoms with Crippen LogP contribution in [0.3, 0.4) is 0 Å². The predicted octanol–water partition coefficient (Wildman–Crippen LogP) is 2.88. The van der Waals surface area contributed by atoms with Crippen LogP contribution in [0.1, 0.15) is 36.8 Å². The van der Waals surface area contributed by atoms with Crippen molar-refractivity contribution in [3.05, 3.63) is 35.1 Å². The van der Waals surface area contributed by atoms with Gasteiger partial charge in [-0.1, -0.05) is 6.07 Å². The number of halogens is 1. The summed E-state index contributed by atoms with van der Waals surface area (Å²) in [6, 6.07) is 6.73. The second kappa shape index (κ2) is 5.45. The van der Waals surface area contributed by atoms with E-state index < -0.39 is 0 Å². The van der Waals surface area contributed by atoms with Gasteiger partial charge in [0.25, 0.3) is 0 Å². The standard InChI is InChI=1S/C17H25FN2/c1-11-7-14(18)4-3-12(11)10-17(19)13-8-15-5-6-16(9-13)20(15)2/h3-4,7,13,15-17H,5-6,8-10,19H2,1-2H3. The average Bonchev–Trinajstić information content (AvgIpc) is 2.64. The van der Waals surface area contributed by atoms with Gasteiger partial charge in [0.15, 0.2) is 0 Å². The van der Waals surface area contributed by atoms with Crippen molar-refractivity contribution >= 4 is 0 Å². The van der Waals surface area contributed by atoms with Crippen LogP contribution in [0.4, 0.5) is 4.39 Å². The maximum absolute atomic E-state index is 13.2. The molecule has 0 amide bonds. The molecule has 110 valence electrons. The van der Waals surface area contributed by atoms with Crippen LogP contribution in [-0.4, -0.2) is 30.1 Å². The Morgan fingerprint density at radius 3 is 2.55 bits per heavy atom. The number of hydrogen-bond donors (Lipinski definition) is 1. The van der Waals surface area contributed by atoms with E-state index in [4.69, 9.17) is 5.73 Å². The lowest BCUT2D eigenvalue weighted by atomic mass is 9.82. The molecule has 3 unspecified atom stereocenters. The molecule has 2 bridgehead atoms. The molecule has 3 heteroatoms. The summed E-state index contributed by atoms with van der Waals surface area (Å²) in [6.07, 6.45) is 6.00. The van der Waals surface area contributed by atoms with Gasteiger partial charge in [0.2, 0.25) is 0 Å². The van der Waals surface area contributed by atoms with Crippen molar-refractivity contribution in [2.75, 3.05) is 7.05 Å². The van der Waals surface area contributed by atoms with Gasteiger partial charge in [-0.05, 0) is 75.3 Å². The van der Waals surface area contributed by atoms with Gasteiger partial charge in [0.05, 0.1) is 0 Å². The first-order chi connectivity index (χ1) is 9.54. The van der Waals surface area contributed by atoms with E-state index in [1.165, 1.54) is 31.2 Å². The Balaban J connectivity index is 1.66. The number of aryl methyl sites for hydroxylation is 1.